The number of aryl methyl sites for hydroxylation is 1. The summed E-state index contributed by atoms with van der Waals surface area (Å²) in [6, 6.07) is 15.2. The molecule has 3 aromatic rings. The van der Waals surface area contributed by atoms with E-state index in [4.69, 9.17) is 11.6 Å². The van der Waals surface area contributed by atoms with Gasteiger partial charge >= 0.3 is 0 Å². The highest BCUT2D eigenvalue weighted by Gasteiger charge is 2.46. The molecule has 0 bridgehead atoms. The van der Waals surface area contributed by atoms with Gasteiger partial charge < -0.3 is 10.0 Å². The molecular weight excluding hydrogens is 419 g/mol. The van der Waals surface area contributed by atoms with Crippen molar-refractivity contribution in [3.05, 3.63) is 106 Å². The molecule has 1 aliphatic rings. The number of carbonyl (C=O) groups excluding carboxylic acids is 2. The molecule has 2 aromatic carbocycles. The summed E-state index contributed by atoms with van der Waals surface area (Å²) in [6.45, 7) is 1.64. The third kappa shape index (κ3) is 3.94. The van der Waals surface area contributed by atoms with Crippen LogP contribution in [0.15, 0.2) is 72.4 Å². The Bertz CT molecular complexity index is 1190. The SMILES string of the molecule is Cc1cc(/C(O)=C2/C(=O)C(=O)N(Cc3ccccn3)C2c2ccc(Cl)cc2)ccc1F. The first-order valence-corrected chi connectivity index (χ1v) is 9.95. The molecule has 7 heteroatoms. The van der Waals surface area contributed by atoms with Crippen molar-refractivity contribution in [2.45, 2.75) is 19.5 Å². The van der Waals surface area contributed by atoms with Gasteiger partial charge in [-0.1, -0.05) is 29.8 Å². The van der Waals surface area contributed by atoms with Crippen LogP contribution in [0.2, 0.25) is 5.02 Å². The van der Waals surface area contributed by atoms with Crippen molar-refractivity contribution in [1.82, 2.24) is 9.88 Å². The number of likely N-dealkylation sites (tertiary alicyclic amines) is 1. The van der Waals surface area contributed by atoms with Crippen LogP contribution in [0.5, 0.6) is 0 Å². The van der Waals surface area contributed by atoms with Gasteiger partial charge in [0.25, 0.3) is 11.7 Å². The van der Waals surface area contributed by atoms with E-state index in [1.165, 1.54) is 23.1 Å². The molecule has 0 aliphatic carbocycles. The molecule has 1 amide bonds. The summed E-state index contributed by atoms with van der Waals surface area (Å²) >= 11 is 6.01. The fraction of sp³-hybridized carbons (Fsp3) is 0.125. The molecule has 0 saturated carbocycles. The van der Waals surface area contributed by atoms with Crippen molar-refractivity contribution in [3.8, 4) is 0 Å². The van der Waals surface area contributed by atoms with Crippen LogP contribution < -0.4 is 0 Å². The van der Waals surface area contributed by atoms with Crippen LogP contribution in [-0.2, 0) is 16.1 Å². The Morgan fingerprint density at radius 3 is 2.52 bits per heavy atom. The Morgan fingerprint density at radius 1 is 1.13 bits per heavy atom. The third-order valence-electron chi connectivity index (χ3n) is 5.22. The zero-order chi connectivity index (χ0) is 22.1. The summed E-state index contributed by atoms with van der Waals surface area (Å²) in [7, 11) is 0. The average molecular weight is 437 g/mol. The lowest BCUT2D eigenvalue weighted by Crippen LogP contribution is -2.29. The maximum absolute atomic E-state index is 13.7. The fourth-order valence-corrected chi connectivity index (χ4v) is 3.77. The van der Waals surface area contributed by atoms with E-state index < -0.39 is 23.5 Å². The van der Waals surface area contributed by atoms with Gasteiger partial charge in [0, 0.05) is 16.8 Å². The van der Waals surface area contributed by atoms with E-state index in [2.05, 4.69) is 4.98 Å². The number of aliphatic hydroxyl groups is 1. The number of amides is 1. The summed E-state index contributed by atoms with van der Waals surface area (Å²) in [5.74, 6) is -2.34. The summed E-state index contributed by atoms with van der Waals surface area (Å²) in [4.78, 5) is 31.6. The number of carbonyl (C=O) groups is 2. The number of ketones is 1. The molecule has 1 aliphatic heterocycles. The van der Waals surface area contributed by atoms with E-state index >= 15 is 0 Å². The van der Waals surface area contributed by atoms with Crippen LogP contribution in [0.4, 0.5) is 4.39 Å². The normalized spacial score (nSPS) is 17.9. The highest BCUT2D eigenvalue weighted by atomic mass is 35.5. The van der Waals surface area contributed by atoms with E-state index in [0.29, 0.717) is 21.8 Å². The van der Waals surface area contributed by atoms with Gasteiger partial charge in [-0.05, 0) is 60.5 Å². The number of pyridine rings is 1. The number of hydrogen-bond donors (Lipinski definition) is 1. The molecular formula is C24H18ClFN2O3. The molecule has 31 heavy (non-hydrogen) atoms. The van der Waals surface area contributed by atoms with Crippen LogP contribution in [0.1, 0.15) is 28.4 Å². The van der Waals surface area contributed by atoms with E-state index in [1.54, 1.807) is 55.6 Å². The predicted molar refractivity (Wildman–Crippen MR) is 115 cm³/mol. The van der Waals surface area contributed by atoms with Crippen LogP contribution in [-0.4, -0.2) is 26.7 Å². The monoisotopic (exact) mass is 436 g/mol. The number of rotatable bonds is 4. The summed E-state index contributed by atoms with van der Waals surface area (Å²) in [5.41, 5.74) is 1.72. The van der Waals surface area contributed by atoms with Gasteiger partial charge in [-0.2, -0.15) is 0 Å². The molecule has 156 valence electrons. The van der Waals surface area contributed by atoms with Gasteiger partial charge in [-0.15, -0.1) is 0 Å². The van der Waals surface area contributed by atoms with Crippen molar-refractivity contribution in [2.75, 3.05) is 0 Å². The quantitative estimate of drug-likeness (QED) is 0.362. The Morgan fingerprint density at radius 2 is 1.87 bits per heavy atom. The average Bonchev–Trinajstić information content (AvgIpc) is 3.01. The highest BCUT2D eigenvalue weighted by molar-refractivity contribution is 6.46. The Hall–Kier alpha value is -3.51. The zero-order valence-electron chi connectivity index (χ0n) is 16.5. The zero-order valence-corrected chi connectivity index (χ0v) is 17.3. The second kappa shape index (κ2) is 8.32. The van der Waals surface area contributed by atoms with Gasteiger partial charge in [-0.3, -0.25) is 14.6 Å². The standard InChI is InChI=1S/C24H18ClFN2O3/c1-14-12-16(7-10-19(14)26)22(29)20-21(15-5-8-17(25)9-6-15)28(24(31)23(20)30)13-18-4-2-3-11-27-18/h2-12,21,29H,13H2,1H3/b22-20-. The minimum Gasteiger partial charge on any atom is -0.507 e. The van der Waals surface area contributed by atoms with Crippen LogP contribution in [0.25, 0.3) is 5.76 Å². The summed E-state index contributed by atoms with van der Waals surface area (Å²) < 4.78 is 13.7. The van der Waals surface area contributed by atoms with Crippen LogP contribution in [0.3, 0.4) is 0 Å². The smallest absolute Gasteiger partial charge is 0.296 e. The minimum atomic E-state index is -0.843. The first kappa shape index (κ1) is 20.8. The molecule has 2 heterocycles. The number of aromatic nitrogens is 1. The van der Waals surface area contributed by atoms with Crippen molar-refractivity contribution in [1.29, 1.82) is 0 Å². The van der Waals surface area contributed by atoms with E-state index in [9.17, 15) is 19.1 Å². The van der Waals surface area contributed by atoms with E-state index in [0.717, 1.165) is 0 Å². The molecule has 0 spiro atoms. The number of Topliss-reactive ketones (excluding diaryl/α,β-unsaturated/α-hetero) is 1. The Balaban J connectivity index is 1.87. The molecule has 1 N–H and O–H groups in total. The number of benzene rings is 2. The number of halogens is 2. The molecule has 5 nitrogen and oxygen atoms in total. The molecule has 1 aromatic heterocycles. The third-order valence-corrected chi connectivity index (χ3v) is 5.47. The lowest BCUT2D eigenvalue weighted by Gasteiger charge is -2.25. The molecule has 4 rings (SSSR count). The Kier molecular flexibility index (Phi) is 5.57. The van der Waals surface area contributed by atoms with Crippen molar-refractivity contribution in [3.63, 3.8) is 0 Å². The number of nitrogens with zero attached hydrogens (tertiary/aromatic N) is 2. The maximum atomic E-state index is 13.7. The fourth-order valence-electron chi connectivity index (χ4n) is 3.65. The van der Waals surface area contributed by atoms with Crippen LogP contribution >= 0.6 is 11.6 Å². The molecule has 1 atom stereocenters. The molecule has 0 radical (unpaired) electrons. The lowest BCUT2D eigenvalue weighted by molar-refractivity contribution is -0.140. The largest absolute Gasteiger partial charge is 0.507 e. The highest BCUT2D eigenvalue weighted by Crippen LogP contribution is 2.40. The van der Waals surface area contributed by atoms with Crippen LogP contribution in [0, 0.1) is 12.7 Å². The summed E-state index contributed by atoms with van der Waals surface area (Å²) in [5, 5.41) is 11.5. The van der Waals surface area contributed by atoms with Crippen molar-refractivity contribution < 1.29 is 19.1 Å². The second-order valence-electron chi connectivity index (χ2n) is 7.26. The second-order valence-corrected chi connectivity index (χ2v) is 7.70. The van der Waals surface area contributed by atoms with E-state index in [-0.39, 0.29) is 23.4 Å². The summed E-state index contributed by atoms with van der Waals surface area (Å²) in [6.07, 6.45) is 1.60. The van der Waals surface area contributed by atoms with Gasteiger partial charge in [0.1, 0.15) is 11.6 Å². The van der Waals surface area contributed by atoms with Gasteiger partial charge in [0.15, 0.2) is 0 Å². The Labute approximate surface area is 183 Å². The topological polar surface area (TPSA) is 70.5 Å². The first-order chi connectivity index (χ1) is 14.9. The first-order valence-electron chi connectivity index (χ1n) is 9.57. The number of hydrogen-bond acceptors (Lipinski definition) is 4. The maximum Gasteiger partial charge on any atom is 0.296 e. The van der Waals surface area contributed by atoms with Crippen molar-refractivity contribution >= 4 is 29.1 Å². The van der Waals surface area contributed by atoms with Gasteiger partial charge in [-0.25, -0.2) is 4.39 Å². The lowest BCUT2D eigenvalue weighted by atomic mass is 9.95. The number of aliphatic hydroxyl groups excluding tert-OH is 1. The molecule has 1 unspecified atom stereocenters. The van der Waals surface area contributed by atoms with Gasteiger partial charge in [0.2, 0.25) is 0 Å². The molecule has 1 saturated heterocycles. The van der Waals surface area contributed by atoms with Crippen molar-refractivity contribution in [2.24, 2.45) is 0 Å². The van der Waals surface area contributed by atoms with Gasteiger partial charge in [0.05, 0.1) is 23.9 Å². The molecule has 1 fully saturated rings. The predicted octanol–water partition coefficient (Wildman–Crippen LogP) is 4.80. The van der Waals surface area contributed by atoms with E-state index in [1.807, 2.05) is 0 Å². The minimum absolute atomic E-state index is 0.0609.